The third kappa shape index (κ3) is 4.00. The lowest BCUT2D eigenvalue weighted by Gasteiger charge is -2.11. The molecule has 0 saturated carbocycles. The number of hydrogen-bond donors (Lipinski definition) is 1. The Labute approximate surface area is 166 Å². The predicted molar refractivity (Wildman–Crippen MR) is 96.6 cm³/mol. The van der Waals surface area contributed by atoms with Crippen molar-refractivity contribution in [3.63, 3.8) is 0 Å². The van der Waals surface area contributed by atoms with E-state index in [0.29, 0.717) is 15.4 Å². The molecule has 0 saturated heterocycles. The average molecular weight is 435 g/mol. The normalized spacial score (nSPS) is 11.7. The molecule has 0 fully saturated rings. The quantitative estimate of drug-likeness (QED) is 0.352. The number of ether oxygens (including phenoxy) is 1. The van der Waals surface area contributed by atoms with Gasteiger partial charge in [0.15, 0.2) is 5.69 Å². The number of benzene rings is 1. The van der Waals surface area contributed by atoms with Crippen molar-refractivity contribution in [1.29, 1.82) is 0 Å². The van der Waals surface area contributed by atoms with Gasteiger partial charge in [-0.1, -0.05) is 29.3 Å². The van der Waals surface area contributed by atoms with Crippen molar-refractivity contribution in [3.8, 4) is 17.0 Å². The number of pyridine rings is 1. The summed E-state index contributed by atoms with van der Waals surface area (Å²) in [5, 5.41) is 3.28. The summed E-state index contributed by atoms with van der Waals surface area (Å²) >= 11 is 11.5. The molecular formula is C17H12Cl2F4N4O. The molecule has 3 aromatic rings. The fourth-order valence-corrected chi connectivity index (χ4v) is 2.99. The maximum Gasteiger partial charge on any atom is 0.434 e. The first-order chi connectivity index (χ1) is 13.1. The van der Waals surface area contributed by atoms with Gasteiger partial charge in [-0.3, -0.25) is 4.68 Å². The summed E-state index contributed by atoms with van der Waals surface area (Å²) < 4.78 is 59.8. The van der Waals surface area contributed by atoms with Gasteiger partial charge in [-0.15, -0.1) is 0 Å². The molecule has 3 rings (SSSR count). The minimum absolute atomic E-state index is 0.00796. The number of aromatic nitrogens is 3. The second-order valence-electron chi connectivity index (χ2n) is 5.78. The van der Waals surface area contributed by atoms with E-state index in [1.807, 2.05) is 0 Å². The molecule has 28 heavy (non-hydrogen) atoms. The summed E-state index contributed by atoms with van der Waals surface area (Å²) in [5.74, 6) is -0.869. The summed E-state index contributed by atoms with van der Waals surface area (Å²) in [6.45, 7) is 0.0374. The number of hydrogen-bond acceptors (Lipinski definition) is 4. The number of rotatable bonds is 4. The van der Waals surface area contributed by atoms with E-state index in [0.717, 1.165) is 19.2 Å². The lowest BCUT2D eigenvalue weighted by molar-refractivity contribution is -0.143. The van der Waals surface area contributed by atoms with Crippen LogP contribution in [0.2, 0.25) is 10.2 Å². The van der Waals surface area contributed by atoms with Crippen LogP contribution in [-0.4, -0.2) is 14.8 Å². The maximum atomic E-state index is 14.6. The van der Waals surface area contributed by atoms with Gasteiger partial charge in [0, 0.05) is 30.4 Å². The summed E-state index contributed by atoms with van der Waals surface area (Å²) in [7, 11) is 1.07. The number of nitrogens with two attached hydrogens (primary N) is 1. The molecule has 2 N–H and O–H groups in total. The summed E-state index contributed by atoms with van der Waals surface area (Å²) in [6.07, 6.45) is -3.26. The van der Waals surface area contributed by atoms with Crippen LogP contribution in [0.5, 0.6) is 5.75 Å². The molecule has 0 bridgehead atoms. The lowest BCUT2D eigenvalue weighted by Crippen LogP contribution is -2.12. The fourth-order valence-electron chi connectivity index (χ4n) is 2.51. The van der Waals surface area contributed by atoms with Gasteiger partial charge in [0.1, 0.15) is 29.0 Å². The third-order valence-corrected chi connectivity index (χ3v) is 4.38. The average Bonchev–Trinajstić information content (AvgIpc) is 2.91. The van der Waals surface area contributed by atoms with Gasteiger partial charge in [0.2, 0.25) is 0 Å². The first-order valence-electron chi connectivity index (χ1n) is 7.70. The standard InChI is InChI=1S/C17H12Cl2F4N4O/c1-27-16(17(21,22)23)14(19)15(26-27)9-4-11(24)12(5-10(9)20)28-7-8-2-3-13(18)25-6-8/h2-6H,7,24H2,1H3. The van der Waals surface area contributed by atoms with Gasteiger partial charge < -0.3 is 10.5 Å². The van der Waals surface area contributed by atoms with Crippen molar-refractivity contribution in [2.75, 3.05) is 5.73 Å². The Kier molecular flexibility index (Phi) is 5.40. The lowest BCUT2D eigenvalue weighted by atomic mass is 10.1. The highest BCUT2D eigenvalue weighted by molar-refractivity contribution is 6.33. The van der Waals surface area contributed by atoms with E-state index in [2.05, 4.69) is 10.1 Å². The zero-order valence-electron chi connectivity index (χ0n) is 14.2. The number of aryl methyl sites for hydroxylation is 1. The van der Waals surface area contributed by atoms with E-state index in [9.17, 15) is 17.6 Å². The molecule has 0 spiro atoms. The highest BCUT2D eigenvalue weighted by atomic mass is 35.5. The van der Waals surface area contributed by atoms with Crippen molar-refractivity contribution in [3.05, 3.63) is 57.7 Å². The van der Waals surface area contributed by atoms with E-state index < -0.39 is 22.7 Å². The Morgan fingerprint density at radius 1 is 1.21 bits per heavy atom. The Hall–Kier alpha value is -2.52. The number of halogens is 6. The van der Waals surface area contributed by atoms with Crippen LogP contribution < -0.4 is 10.5 Å². The first-order valence-corrected chi connectivity index (χ1v) is 8.46. The Bertz CT molecular complexity index is 1020. The van der Waals surface area contributed by atoms with E-state index >= 15 is 0 Å². The predicted octanol–water partition coefficient (Wildman–Crippen LogP) is 5.11. The number of nitrogen functional groups attached to an aromatic ring is 1. The van der Waals surface area contributed by atoms with Gasteiger partial charge in [-0.2, -0.15) is 18.3 Å². The maximum absolute atomic E-state index is 14.6. The van der Waals surface area contributed by atoms with Gasteiger partial charge in [-0.05, 0) is 12.1 Å². The van der Waals surface area contributed by atoms with Crippen LogP contribution in [0, 0.1) is 5.82 Å². The van der Waals surface area contributed by atoms with Crippen molar-refractivity contribution in [2.24, 2.45) is 7.05 Å². The summed E-state index contributed by atoms with van der Waals surface area (Å²) in [6, 6.07) is 5.32. The third-order valence-electron chi connectivity index (χ3n) is 3.80. The molecule has 0 amide bonds. The number of alkyl halides is 3. The van der Waals surface area contributed by atoms with E-state index in [-0.39, 0.29) is 29.3 Å². The highest BCUT2D eigenvalue weighted by Gasteiger charge is 2.39. The van der Waals surface area contributed by atoms with Gasteiger partial charge in [0.25, 0.3) is 0 Å². The summed E-state index contributed by atoms with van der Waals surface area (Å²) in [5.41, 5.74) is 4.72. The van der Waals surface area contributed by atoms with Crippen LogP contribution in [0.3, 0.4) is 0 Å². The van der Waals surface area contributed by atoms with Gasteiger partial charge in [-0.25, -0.2) is 9.37 Å². The number of anilines is 1. The van der Waals surface area contributed by atoms with Crippen LogP contribution >= 0.6 is 23.2 Å². The van der Waals surface area contributed by atoms with Gasteiger partial charge >= 0.3 is 6.18 Å². The zero-order valence-corrected chi connectivity index (χ0v) is 15.7. The summed E-state index contributed by atoms with van der Waals surface area (Å²) in [4.78, 5) is 3.89. The molecule has 0 unspecified atom stereocenters. The van der Waals surface area contributed by atoms with Crippen molar-refractivity contribution in [2.45, 2.75) is 12.8 Å². The molecule has 148 valence electrons. The zero-order chi connectivity index (χ0) is 20.6. The van der Waals surface area contributed by atoms with Crippen molar-refractivity contribution >= 4 is 28.9 Å². The molecule has 0 atom stereocenters. The monoisotopic (exact) mass is 434 g/mol. The highest BCUT2D eigenvalue weighted by Crippen LogP contribution is 2.41. The van der Waals surface area contributed by atoms with Crippen LogP contribution in [0.1, 0.15) is 11.3 Å². The van der Waals surface area contributed by atoms with Crippen molar-refractivity contribution in [1.82, 2.24) is 14.8 Å². The topological polar surface area (TPSA) is 66.0 Å². The SMILES string of the molecule is Cn1nc(-c2cc(N)c(OCc3ccc(Cl)nc3)cc2F)c(Cl)c1C(F)(F)F. The van der Waals surface area contributed by atoms with Crippen LogP contribution in [0.25, 0.3) is 11.3 Å². The smallest absolute Gasteiger partial charge is 0.434 e. The first kappa shape index (κ1) is 20.2. The molecule has 1 aromatic carbocycles. The van der Waals surface area contributed by atoms with E-state index in [1.165, 1.54) is 6.20 Å². The van der Waals surface area contributed by atoms with Crippen LogP contribution in [0.4, 0.5) is 23.2 Å². The van der Waals surface area contributed by atoms with Gasteiger partial charge in [0.05, 0.1) is 10.7 Å². The molecule has 0 aliphatic carbocycles. The molecular weight excluding hydrogens is 423 g/mol. The molecule has 0 aliphatic heterocycles. The Morgan fingerprint density at radius 3 is 2.50 bits per heavy atom. The molecule has 0 radical (unpaired) electrons. The van der Waals surface area contributed by atoms with Crippen molar-refractivity contribution < 1.29 is 22.3 Å². The fraction of sp³-hybridized carbons (Fsp3) is 0.176. The second kappa shape index (κ2) is 7.48. The molecule has 2 heterocycles. The molecule has 2 aromatic heterocycles. The number of nitrogens with zero attached hydrogens (tertiary/aromatic N) is 3. The Morgan fingerprint density at radius 2 is 1.93 bits per heavy atom. The Balaban J connectivity index is 1.91. The van der Waals surface area contributed by atoms with Crippen LogP contribution in [0.15, 0.2) is 30.5 Å². The largest absolute Gasteiger partial charge is 0.487 e. The van der Waals surface area contributed by atoms with E-state index in [1.54, 1.807) is 12.1 Å². The minimum Gasteiger partial charge on any atom is -0.487 e. The van der Waals surface area contributed by atoms with E-state index in [4.69, 9.17) is 33.7 Å². The molecule has 11 heteroatoms. The molecule has 0 aliphatic rings. The molecule has 5 nitrogen and oxygen atoms in total. The van der Waals surface area contributed by atoms with Crippen LogP contribution in [-0.2, 0) is 19.8 Å². The second-order valence-corrected chi connectivity index (χ2v) is 6.55. The minimum atomic E-state index is -4.74.